The maximum atomic E-state index is 4.22. The van der Waals surface area contributed by atoms with Gasteiger partial charge in [0, 0.05) is 56.2 Å². The highest BCUT2D eigenvalue weighted by Crippen LogP contribution is 2.38. The van der Waals surface area contributed by atoms with Crippen molar-refractivity contribution >= 4 is 11.4 Å². The Labute approximate surface area is 186 Å². The summed E-state index contributed by atoms with van der Waals surface area (Å²) in [6.07, 6.45) is 15.6. The molecule has 2 spiro atoms. The lowest BCUT2D eigenvalue weighted by Crippen LogP contribution is -2.65. The topological polar surface area (TPSA) is 47.5 Å². The molecule has 0 aromatic carbocycles. The molecule has 2 aromatic rings. The molecule has 0 amide bonds. The van der Waals surface area contributed by atoms with Gasteiger partial charge >= 0.3 is 0 Å². The average molecular weight is 421 g/mol. The third kappa shape index (κ3) is 4.28. The van der Waals surface area contributed by atoms with Gasteiger partial charge in [0.25, 0.3) is 0 Å². The molecule has 0 aliphatic carbocycles. The van der Waals surface area contributed by atoms with Gasteiger partial charge in [0.1, 0.15) is 0 Å². The molecule has 166 valence electrons. The SMILES string of the molecule is CN1CCC12CCCN(c1cccnc1)C2.c1cncc(N2CCCC3(CCN3)C2)c1. The Kier molecular flexibility index (Phi) is 5.85. The predicted octanol–water partition coefficient (Wildman–Crippen LogP) is 3.17. The van der Waals surface area contributed by atoms with E-state index in [4.69, 9.17) is 0 Å². The van der Waals surface area contributed by atoms with E-state index in [0.29, 0.717) is 11.1 Å². The quantitative estimate of drug-likeness (QED) is 0.805. The molecule has 6 heteroatoms. The van der Waals surface area contributed by atoms with Crippen LogP contribution in [0.2, 0.25) is 0 Å². The molecule has 0 saturated carbocycles. The molecule has 6 nitrogen and oxygen atoms in total. The molecule has 6 heterocycles. The van der Waals surface area contributed by atoms with Gasteiger partial charge in [-0.05, 0) is 76.4 Å². The molecule has 1 N–H and O–H groups in total. The Balaban J connectivity index is 0.000000132. The number of anilines is 2. The molecular formula is C25H36N6. The fraction of sp³-hybridized carbons (Fsp3) is 0.600. The van der Waals surface area contributed by atoms with Gasteiger partial charge in [-0.25, -0.2) is 0 Å². The normalized spacial score (nSPS) is 30.4. The van der Waals surface area contributed by atoms with Crippen LogP contribution >= 0.6 is 0 Å². The highest BCUT2D eigenvalue weighted by atomic mass is 15.3. The molecular weight excluding hydrogens is 384 g/mol. The van der Waals surface area contributed by atoms with Crippen molar-refractivity contribution < 1.29 is 0 Å². The first kappa shape index (κ1) is 20.7. The Bertz CT molecular complexity index is 840. The van der Waals surface area contributed by atoms with Crippen LogP contribution in [0.15, 0.2) is 49.1 Å². The summed E-state index contributed by atoms with van der Waals surface area (Å²) in [5.41, 5.74) is 3.44. The van der Waals surface area contributed by atoms with Gasteiger partial charge in [-0.3, -0.25) is 14.9 Å². The summed E-state index contributed by atoms with van der Waals surface area (Å²) in [5.74, 6) is 0. The minimum atomic E-state index is 0.425. The van der Waals surface area contributed by atoms with E-state index in [1.807, 2.05) is 36.9 Å². The van der Waals surface area contributed by atoms with Gasteiger partial charge < -0.3 is 15.1 Å². The van der Waals surface area contributed by atoms with E-state index in [2.05, 4.69) is 49.2 Å². The van der Waals surface area contributed by atoms with E-state index in [1.54, 1.807) is 0 Å². The maximum absolute atomic E-state index is 4.22. The second-order valence-corrected chi connectivity index (χ2v) is 9.83. The molecule has 0 bridgehead atoms. The third-order valence-electron chi connectivity index (χ3n) is 7.98. The predicted molar refractivity (Wildman–Crippen MR) is 127 cm³/mol. The monoisotopic (exact) mass is 420 g/mol. The van der Waals surface area contributed by atoms with Crippen molar-refractivity contribution in [2.24, 2.45) is 0 Å². The second kappa shape index (κ2) is 8.75. The fourth-order valence-electron chi connectivity index (χ4n) is 5.76. The first-order valence-corrected chi connectivity index (χ1v) is 11.9. The van der Waals surface area contributed by atoms with Gasteiger partial charge in [-0.1, -0.05) is 0 Å². The largest absolute Gasteiger partial charge is 0.368 e. The van der Waals surface area contributed by atoms with Crippen LogP contribution in [-0.2, 0) is 0 Å². The minimum absolute atomic E-state index is 0.425. The van der Waals surface area contributed by atoms with Crippen LogP contribution in [0.4, 0.5) is 11.4 Å². The standard InChI is InChI=1S/C13H19N3.C12H17N3/c1-15-9-6-13(15)5-3-8-16(11-13)12-4-2-7-14-10-12;1-3-11(9-13-6-1)15-8-2-4-12(10-15)5-7-14-12/h2,4,7,10H,3,5-6,8-9,11H2,1H3;1,3,6,9,14H,2,4-5,7-8,10H2. The fourth-order valence-corrected chi connectivity index (χ4v) is 5.76. The average Bonchev–Trinajstić information content (AvgIpc) is 2.84. The third-order valence-corrected chi connectivity index (χ3v) is 7.98. The smallest absolute Gasteiger partial charge is 0.0553 e. The number of rotatable bonds is 2. The summed E-state index contributed by atoms with van der Waals surface area (Å²) >= 11 is 0. The van der Waals surface area contributed by atoms with E-state index in [0.717, 1.165) is 6.54 Å². The highest BCUT2D eigenvalue weighted by Gasteiger charge is 2.45. The summed E-state index contributed by atoms with van der Waals surface area (Å²) in [7, 11) is 2.26. The van der Waals surface area contributed by atoms with E-state index >= 15 is 0 Å². The van der Waals surface area contributed by atoms with Crippen LogP contribution in [0, 0.1) is 0 Å². The molecule has 31 heavy (non-hydrogen) atoms. The van der Waals surface area contributed by atoms with Gasteiger partial charge in [0.05, 0.1) is 23.8 Å². The van der Waals surface area contributed by atoms with Crippen LogP contribution in [0.25, 0.3) is 0 Å². The molecule has 4 fully saturated rings. The number of likely N-dealkylation sites (N-methyl/N-ethyl adjacent to an activating group) is 1. The van der Waals surface area contributed by atoms with Crippen molar-refractivity contribution in [1.82, 2.24) is 20.2 Å². The zero-order valence-corrected chi connectivity index (χ0v) is 18.8. The summed E-state index contributed by atoms with van der Waals surface area (Å²) < 4.78 is 0. The summed E-state index contributed by atoms with van der Waals surface area (Å²) in [6.45, 7) is 7.14. The lowest BCUT2D eigenvalue weighted by molar-refractivity contribution is -0.000470. The van der Waals surface area contributed by atoms with Crippen LogP contribution in [0.5, 0.6) is 0 Å². The number of nitrogens with one attached hydrogen (secondary N) is 1. The van der Waals surface area contributed by atoms with E-state index in [-0.39, 0.29) is 0 Å². The van der Waals surface area contributed by atoms with Crippen LogP contribution in [0.1, 0.15) is 38.5 Å². The molecule has 2 atom stereocenters. The van der Waals surface area contributed by atoms with Gasteiger partial charge in [0.2, 0.25) is 0 Å². The molecule has 4 saturated heterocycles. The second-order valence-electron chi connectivity index (χ2n) is 9.83. The van der Waals surface area contributed by atoms with Crippen molar-refractivity contribution in [3.63, 3.8) is 0 Å². The van der Waals surface area contributed by atoms with Crippen molar-refractivity contribution in [3.05, 3.63) is 49.1 Å². The van der Waals surface area contributed by atoms with Gasteiger partial charge in [-0.2, -0.15) is 0 Å². The molecule has 6 rings (SSSR count). The van der Waals surface area contributed by atoms with Crippen molar-refractivity contribution in [1.29, 1.82) is 0 Å². The van der Waals surface area contributed by atoms with Crippen LogP contribution < -0.4 is 15.1 Å². The zero-order valence-electron chi connectivity index (χ0n) is 18.8. The summed E-state index contributed by atoms with van der Waals surface area (Å²) in [4.78, 5) is 15.9. The van der Waals surface area contributed by atoms with Crippen molar-refractivity contribution in [3.8, 4) is 0 Å². The van der Waals surface area contributed by atoms with E-state index < -0.39 is 0 Å². The Morgan fingerprint density at radius 2 is 1.45 bits per heavy atom. The van der Waals surface area contributed by atoms with E-state index in [1.165, 1.54) is 82.6 Å². The maximum Gasteiger partial charge on any atom is 0.0553 e. The molecule has 0 radical (unpaired) electrons. The summed E-state index contributed by atoms with van der Waals surface area (Å²) in [6, 6.07) is 8.38. The Hall–Kier alpha value is -2.18. The number of hydrogen-bond donors (Lipinski definition) is 1. The molecule has 4 aliphatic heterocycles. The first-order valence-electron chi connectivity index (χ1n) is 11.9. The number of nitrogens with zero attached hydrogens (tertiary/aromatic N) is 5. The van der Waals surface area contributed by atoms with Crippen molar-refractivity contribution in [2.45, 2.75) is 49.6 Å². The minimum Gasteiger partial charge on any atom is -0.368 e. The van der Waals surface area contributed by atoms with E-state index in [9.17, 15) is 0 Å². The highest BCUT2D eigenvalue weighted by molar-refractivity contribution is 5.46. The van der Waals surface area contributed by atoms with Crippen LogP contribution in [-0.4, -0.2) is 72.3 Å². The number of hydrogen-bond acceptors (Lipinski definition) is 6. The number of pyridine rings is 2. The number of likely N-dealkylation sites (tertiary alicyclic amines) is 1. The molecule has 2 unspecified atom stereocenters. The first-order chi connectivity index (χ1) is 15.2. The van der Waals surface area contributed by atoms with Crippen molar-refractivity contribution in [2.75, 3.05) is 56.1 Å². The number of piperidine rings is 2. The Morgan fingerprint density at radius 3 is 1.94 bits per heavy atom. The molecule has 2 aromatic heterocycles. The summed E-state index contributed by atoms with van der Waals surface area (Å²) in [5, 5.41) is 3.60. The number of aromatic nitrogens is 2. The van der Waals surface area contributed by atoms with Crippen LogP contribution in [0.3, 0.4) is 0 Å². The Morgan fingerprint density at radius 1 is 0.806 bits per heavy atom. The lowest BCUT2D eigenvalue weighted by atomic mass is 9.78. The lowest BCUT2D eigenvalue weighted by Gasteiger charge is -2.56. The van der Waals surface area contributed by atoms with Gasteiger partial charge in [0.15, 0.2) is 0 Å². The molecule has 4 aliphatic rings. The van der Waals surface area contributed by atoms with Gasteiger partial charge in [-0.15, -0.1) is 0 Å². The zero-order chi connectivity index (χ0) is 21.2.